The van der Waals surface area contributed by atoms with Crippen LogP contribution in [0.3, 0.4) is 0 Å². The lowest BCUT2D eigenvalue weighted by Crippen LogP contribution is -2.35. The predicted molar refractivity (Wildman–Crippen MR) is 82.9 cm³/mol. The van der Waals surface area contributed by atoms with Crippen molar-refractivity contribution in [1.82, 2.24) is 5.32 Å². The third kappa shape index (κ3) is 2.31. The molecule has 4 rings (SSSR count). The highest BCUT2D eigenvalue weighted by atomic mass is 32.2. The Labute approximate surface area is 138 Å². The van der Waals surface area contributed by atoms with Gasteiger partial charge in [-0.15, -0.1) is 0 Å². The molecule has 0 bridgehead atoms. The van der Waals surface area contributed by atoms with Crippen molar-refractivity contribution < 1.29 is 21.9 Å². The zero-order valence-electron chi connectivity index (χ0n) is 12.6. The van der Waals surface area contributed by atoms with Gasteiger partial charge >= 0.3 is 0 Å². The highest BCUT2D eigenvalue weighted by Crippen LogP contribution is 2.40. The zero-order chi connectivity index (χ0) is 16.9. The second kappa shape index (κ2) is 5.53. The van der Waals surface area contributed by atoms with Crippen LogP contribution in [0.15, 0.2) is 46.2 Å². The van der Waals surface area contributed by atoms with E-state index in [0.29, 0.717) is 12.4 Å². The van der Waals surface area contributed by atoms with Gasteiger partial charge in [-0.25, -0.2) is 17.2 Å². The molecule has 126 valence electrons. The van der Waals surface area contributed by atoms with Crippen LogP contribution < -0.4 is 10.1 Å². The van der Waals surface area contributed by atoms with Gasteiger partial charge in [0.05, 0.1) is 4.90 Å². The van der Waals surface area contributed by atoms with E-state index in [2.05, 4.69) is 5.32 Å². The number of nitrogens with one attached hydrogen (secondary N) is 1. The van der Waals surface area contributed by atoms with Crippen molar-refractivity contribution in [2.75, 3.05) is 13.2 Å². The van der Waals surface area contributed by atoms with E-state index in [9.17, 15) is 17.2 Å². The molecule has 2 heterocycles. The van der Waals surface area contributed by atoms with Crippen molar-refractivity contribution in [1.29, 1.82) is 0 Å². The maximum Gasteiger partial charge on any atom is 0.209 e. The van der Waals surface area contributed by atoms with Gasteiger partial charge in [-0.05, 0) is 42.8 Å². The summed E-state index contributed by atoms with van der Waals surface area (Å²) in [6.45, 7) is 1.36. The maximum atomic E-state index is 13.9. The summed E-state index contributed by atoms with van der Waals surface area (Å²) in [6, 6.07) is 7.91. The lowest BCUT2D eigenvalue weighted by atomic mass is 9.90. The topological polar surface area (TPSA) is 55.4 Å². The molecule has 0 aliphatic carbocycles. The normalized spacial score (nSPS) is 22.6. The fourth-order valence-corrected chi connectivity index (χ4v) is 4.78. The van der Waals surface area contributed by atoms with Crippen molar-refractivity contribution >= 4 is 9.84 Å². The Morgan fingerprint density at radius 1 is 1.17 bits per heavy atom. The zero-order valence-corrected chi connectivity index (χ0v) is 13.4. The smallest absolute Gasteiger partial charge is 0.209 e. The summed E-state index contributed by atoms with van der Waals surface area (Å²) in [5.74, 6) is -1.77. The lowest BCUT2D eigenvalue weighted by Gasteiger charge is -2.28. The fraction of sp³-hybridized carbons (Fsp3) is 0.294. The molecule has 1 saturated heterocycles. The number of ether oxygens (including phenoxy) is 1. The fourth-order valence-electron chi connectivity index (χ4n) is 3.43. The van der Waals surface area contributed by atoms with Crippen molar-refractivity contribution in [2.24, 2.45) is 0 Å². The van der Waals surface area contributed by atoms with E-state index in [-0.39, 0.29) is 16.9 Å². The summed E-state index contributed by atoms with van der Waals surface area (Å²) in [6.07, 6.45) is 0.964. The molecule has 0 radical (unpaired) electrons. The molecule has 0 amide bonds. The van der Waals surface area contributed by atoms with Crippen LogP contribution in [0.4, 0.5) is 8.78 Å². The molecule has 1 N–H and O–H groups in total. The van der Waals surface area contributed by atoms with Crippen molar-refractivity contribution in [2.45, 2.75) is 28.2 Å². The van der Waals surface area contributed by atoms with Crippen LogP contribution in [-0.2, 0) is 9.84 Å². The van der Waals surface area contributed by atoms with Gasteiger partial charge in [-0.2, -0.15) is 0 Å². The molecule has 0 spiro atoms. The van der Waals surface area contributed by atoms with E-state index in [1.807, 2.05) is 0 Å². The Balaban J connectivity index is 1.79. The van der Waals surface area contributed by atoms with Gasteiger partial charge < -0.3 is 10.1 Å². The number of hydrogen-bond acceptors (Lipinski definition) is 4. The minimum Gasteiger partial charge on any atom is -0.492 e. The molecule has 7 heteroatoms. The van der Waals surface area contributed by atoms with Crippen LogP contribution in [-0.4, -0.2) is 27.6 Å². The van der Waals surface area contributed by atoms with E-state index >= 15 is 0 Å². The summed E-state index contributed by atoms with van der Waals surface area (Å²) in [5, 5.41) is 3.35. The molecule has 2 aliphatic rings. The first-order valence-electron chi connectivity index (χ1n) is 7.68. The molecule has 0 aromatic heterocycles. The van der Waals surface area contributed by atoms with Crippen LogP contribution >= 0.6 is 0 Å². The number of hydrogen-bond donors (Lipinski definition) is 1. The largest absolute Gasteiger partial charge is 0.492 e. The Hall–Kier alpha value is -1.99. The van der Waals surface area contributed by atoms with Crippen LogP contribution in [0.2, 0.25) is 0 Å². The van der Waals surface area contributed by atoms with E-state index in [1.54, 1.807) is 6.07 Å². The van der Waals surface area contributed by atoms with E-state index < -0.39 is 26.4 Å². The summed E-state index contributed by atoms with van der Waals surface area (Å²) >= 11 is 0. The SMILES string of the molecule is O=S(=O)(c1ccc2c(c1)OCC1NCCC21)c1cccc(F)c1F. The van der Waals surface area contributed by atoms with Crippen LogP contribution in [0, 0.1) is 11.6 Å². The molecule has 2 aromatic rings. The molecule has 2 atom stereocenters. The van der Waals surface area contributed by atoms with Crippen molar-refractivity contribution in [3.63, 3.8) is 0 Å². The monoisotopic (exact) mass is 351 g/mol. The average molecular weight is 351 g/mol. The Bertz CT molecular complexity index is 914. The van der Waals surface area contributed by atoms with Crippen LogP contribution in [0.5, 0.6) is 5.75 Å². The highest BCUT2D eigenvalue weighted by Gasteiger charge is 2.35. The standard InChI is InChI=1S/C17H15F2NO3S/c18-13-2-1-3-16(17(13)19)24(21,22)10-4-5-12-11-6-7-20-14(11)9-23-15(12)8-10/h1-5,8,11,14,20H,6-7,9H2. The number of sulfone groups is 1. The summed E-state index contributed by atoms with van der Waals surface area (Å²) in [7, 11) is -4.16. The third-order valence-corrected chi connectivity index (χ3v) is 6.44. The minimum absolute atomic E-state index is 0.102. The molecule has 4 nitrogen and oxygen atoms in total. The summed E-state index contributed by atoms with van der Waals surface area (Å²) < 4.78 is 58.2. The first kappa shape index (κ1) is 15.5. The van der Waals surface area contributed by atoms with Crippen LogP contribution in [0.1, 0.15) is 17.9 Å². The van der Waals surface area contributed by atoms with Crippen molar-refractivity contribution in [3.8, 4) is 5.75 Å². The number of halogens is 2. The second-order valence-corrected chi connectivity index (χ2v) is 7.94. The van der Waals surface area contributed by atoms with E-state index in [1.165, 1.54) is 18.2 Å². The minimum atomic E-state index is -4.16. The Kier molecular flexibility index (Phi) is 3.58. The molecule has 1 fully saturated rings. The van der Waals surface area contributed by atoms with Crippen molar-refractivity contribution in [3.05, 3.63) is 53.6 Å². The van der Waals surface area contributed by atoms with Crippen LogP contribution in [0.25, 0.3) is 0 Å². The molecule has 0 saturated carbocycles. The predicted octanol–water partition coefficient (Wildman–Crippen LogP) is 2.64. The lowest BCUT2D eigenvalue weighted by molar-refractivity contribution is 0.238. The summed E-state index contributed by atoms with van der Waals surface area (Å²) in [5.41, 5.74) is 0.954. The Morgan fingerprint density at radius 3 is 2.83 bits per heavy atom. The van der Waals surface area contributed by atoms with Gasteiger partial charge in [0.25, 0.3) is 0 Å². The number of rotatable bonds is 2. The average Bonchev–Trinajstić information content (AvgIpc) is 3.05. The van der Waals surface area contributed by atoms with Gasteiger partial charge in [0.15, 0.2) is 11.6 Å². The second-order valence-electron chi connectivity index (χ2n) is 6.02. The third-order valence-electron chi connectivity index (χ3n) is 4.67. The van der Waals surface area contributed by atoms with Gasteiger partial charge in [-0.3, -0.25) is 0 Å². The van der Waals surface area contributed by atoms with Gasteiger partial charge in [0.2, 0.25) is 9.84 Å². The number of fused-ring (bicyclic) bond motifs is 3. The molecular weight excluding hydrogens is 336 g/mol. The van der Waals surface area contributed by atoms with E-state index in [0.717, 1.165) is 30.7 Å². The molecule has 24 heavy (non-hydrogen) atoms. The van der Waals surface area contributed by atoms with Gasteiger partial charge in [0, 0.05) is 12.0 Å². The molecule has 2 unspecified atom stereocenters. The first-order valence-corrected chi connectivity index (χ1v) is 9.16. The Morgan fingerprint density at radius 2 is 2.00 bits per heavy atom. The quantitative estimate of drug-likeness (QED) is 0.904. The first-order chi connectivity index (χ1) is 11.5. The van der Waals surface area contributed by atoms with Gasteiger partial charge in [0.1, 0.15) is 17.3 Å². The van der Waals surface area contributed by atoms with Gasteiger partial charge in [-0.1, -0.05) is 12.1 Å². The number of benzene rings is 2. The molecule has 2 aliphatic heterocycles. The molecular formula is C17H15F2NO3S. The summed E-state index contributed by atoms with van der Waals surface area (Å²) in [4.78, 5) is -0.770. The highest BCUT2D eigenvalue weighted by molar-refractivity contribution is 7.91. The van der Waals surface area contributed by atoms with E-state index in [4.69, 9.17) is 4.74 Å². The molecule has 2 aromatic carbocycles. The maximum absolute atomic E-state index is 13.9.